The standard InChI is InChI=1S/C13H17BrN2O2/c14-11-8-13-12(17-5-6-18-13)7-10(11)9-16-3-1-15-2-4-16/h7-8,15H,1-6,9H2. The van der Waals surface area contributed by atoms with Crippen LogP contribution in [-0.4, -0.2) is 44.3 Å². The Labute approximate surface area is 115 Å². The SMILES string of the molecule is Brc1cc2c(cc1CN1CCNCC1)OCCO2. The zero-order chi connectivity index (χ0) is 12.4. The van der Waals surface area contributed by atoms with Crippen LogP contribution in [0.4, 0.5) is 0 Å². The fraction of sp³-hybridized carbons (Fsp3) is 0.538. The Kier molecular flexibility index (Phi) is 3.72. The van der Waals surface area contributed by atoms with E-state index in [0.717, 1.165) is 48.7 Å². The number of benzene rings is 1. The second-order valence-corrected chi connectivity index (χ2v) is 5.47. The molecule has 0 aliphatic carbocycles. The fourth-order valence-corrected chi connectivity index (χ4v) is 2.79. The highest BCUT2D eigenvalue weighted by Crippen LogP contribution is 2.35. The van der Waals surface area contributed by atoms with Crippen molar-refractivity contribution in [2.24, 2.45) is 0 Å². The van der Waals surface area contributed by atoms with Crippen LogP contribution in [0, 0.1) is 0 Å². The van der Waals surface area contributed by atoms with Crippen LogP contribution in [-0.2, 0) is 6.54 Å². The van der Waals surface area contributed by atoms with Gasteiger partial charge in [-0.15, -0.1) is 0 Å². The van der Waals surface area contributed by atoms with Gasteiger partial charge in [-0.05, 0) is 17.7 Å². The Bertz CT molecular complexity index is 433. The molecule has 0 aromatic heterocycles. The van der Waals surface area contributed by atoms with Crippen LogP contribution in [0.25, 0.3) is 0 Å². The van der Waals surface area contributed by atoms with Crippen molar-refractivity contribution in [3.63, 3.8) is 0 Å². The second kappa shape index (κ2) is 5.47. The third-order valence-electron chi connectivity index (χ3n) is 3.31. The zero-order valence-electron chi connectivity index (χ0n) is 10.2. The summed E-state index contributed by atoms with van der Waals surface area (Å²) in [5.41, 5.74) is 1.26. The Morgan fingerprint density at radius 2 is 1.78 bits per heavy atom. The molecule has 0 bridgehead atoms. The van der Waals surface area contributed by atoms with E-state index in [2.05, 4.69) is 32.2 Å². The highest BCUT2D eigenvalue weighted by Gasteiger charge is 2.17. The molecule has 0 saturated carbocycles. The van der Waals surface area contributed by atoms with Crippen molar-refractivity contribution in [2.75, 3.05) is 39.4 Å². The average Bonchev–Trinajstić information content (AvgIpc) is 2.41. The Hall–Kier alpha value is -0.780. The maximum absolute atomic E-state index is 5.63. The molecular formula is C13H17BrN2O2. The van der Waals surface area contributed by atoms with Gasteiger partial charge in [-0.3, -0.25) is 4.90 Å². The minimum absolute atomic E-state index is 0.635. The molecule has 0 amide bonds. The molecule has 98 valence electrons. The maximum atomic E-state index is 5.63. The highest BCUT2D eigenvalue weighted by molar-refractivity contribution is 9.10. The van der Waals surface area contributed by atoms with Gasteiger partial charge in [0.15, 0.2) is 11.5 Å². The normalized spacial score (nSPS) is 19.8. The van der Waals surface area contributed by atoms with E-state index < -0.39 is 0 Å². The molecule has 0 spiro atoms. The molecule has 2 heterocycles. The Morgan fingerprint density at radius 3 is 2.50 bits per heavy atom. The molecule has 1 saturated heterocycles. The smallest absolute Gasteiger partial charge is 0.162 e. The van der Waals surface area contributed by atoms with Crippen molar-refractivity contribution in [2.45, 2.75) is 6.54 Å². The lowest BCUT2D eigenvalue weighted by Gasteiger charge is -2.28. The van der Waals surface area contributed by atoms with Gasteiger partial charge in [-0.1, -0.05) is 15.9 Å². The number of hydrogen-bond donors (Lipinski definition) is 1. The lowest BCUT2D eigenvalue weighted by Crippen LogP contribution is -2.42. The summed E-state index contributed by atoms with van der Waals surface area (Å²) in [6.07, 6.45) is 0. The van der Waals surface area contributed by atoms with Crippen LogP contribution in [0.2, 0.25) is 0 Å². The molecule has 4 nitrogen and oxygen atoms in total. The molecule has 2 aliphatic rings. The summed E-state index contributed by atoms with van der Waals surface area (Å²) in [5.74, 6) is 1.71. The van der Waals surface area contributed by atoms with Crippen molar-refractivity contribution in [3.05, 3.63) is 22.2 Å². The third kappa shape index (κ3) is 2.63. The molecule has 3 rings (SSSR count). The number of fused-ring (bicyclic) bond motifs is 1. The van der Waals surface area contributed by atoms with Gasteiger partial charge in [0.05, 0.1) is 0 Å². The van der Waals surface area contributed by atoms with E-state index in [1.54, 1.807) is 0 Å². The Balaban J connectivity index is 1.78. The van der Waals surface area contributed by atoms with Crippen LogP contribution < -0.4 is 14.8 Å². The summed E-state index contributed by atoms with van der Waals surface area (Å²) in [7, 11) is 0. The molecular weight excluding hydrogens is 296 g/mol. The molecule has 18 heavy (non-hydrogen) atoms. The van der Waals surface area contributed by atoms with E-state index in [1.807, 2.05) is 6.07 Å². The molecule has 1 N–H and O–H groups in total. The first-order valence-electron chi connectivity index (χ1n) is 6.34. The van der Waals surface area contributed by atoms with Gasteiger partial charge in [-0.25, -0.2) is 0 Å². The van der Waals surface area contributed by atoms with E-state index in [9.17, 15) is 0 Å². The molecule has 0 unspecified atom stereocenters. The zero-order valence-corrected chi connectivity index (χ0v) is 11.8. The van der Waals surface area contributed by atoms with E-state index in [-0.39, 0.29) is 0 Å². The van der Waals surface area contributed by atoms with E-state index in [1.165, 1.54) is 5.56 Å². The van der Waals surface area contributed by atoms with Crippen molar-refractivity contribution >= 4 is 15.9 Å². The number of ether oxygens (including phenoxy) is 2. The number of piperazine rings is 1. The summed E-state index contributed by atoms with van der Waals surface area (Å²) in [6.45, 7) is 6.57. The summed E-state index contributed by atoms with van der Waals surface area (Å²) < 4.78 is 12.3. The molecule has 0 atom stereocenters. The molecule has 1 fully saturated rings. The Morgan fingerprint density at radius 1 is 1.11 bits per heavy atom. The lowest BCUT2D eigenvalue weighted by atomic mass is 10.1. The first-order valence-corrected chi connectivity index (χ1v) is 7.13. The predicted octanol–water partition coefficient (Wildman–Crippen LogP) is 1.63. The topological polar surface area (TPSA) is 33.7 Å². The third-order valence-corrected chi connectivity index (χ3v) is 4.05. The van der Waals surface area contributed by atoms with Gasteiger partial charge in [-0.2, -0.15) is 0 Å². The quantitative estimate of drug-likeness (QED) is 0.900. The van der Waals surface area contributed by atoms with Crippen LogP contribution in [0.5, 0.6) is 11.5 Å². The van der Waals surface area contributed by atoms with E-state index >= 15 is 0 Å². The van der Waals surface area contributed by atoms with Gasteiger partial charge in [0.2, 0.25) is 0 Å². The number of nitrogens with one attached hydrogen (secondary N) is 1. The van der Waals surface area contributed by atoms with Crippen LogP contribution in [0.1, 0.15) is 5.56 Å². The summed E-state index contributed by atoms with van der Waals surface area (Å²) in [6, 6.07) is 4.12. The summed E-state index contributed by atoms with van der Waals surface area (Å²) in [4.78, 5) is 2.45. The molecule has 2 aliphatic heterocycles. The van der Waals surface area contributed by atoms with Crippen molar-refractivity contribution in [3.8, 4) is 11.5 Å². The molecule has 1 aromatic rings. The summed E-state index contributed by atoms with van der Waals surface area (Å²) >= 11 is 3.62. The highest BCUT2D eigenvalue weighted by atomic mass is 79.9. The monoisotopic (exact) mass is 312 g/mol. The molecule has 0 radical (unpaired) electrons. The van der Waals surface area contributed by atoms with Crippen molar-refractivity contribution < 1.29 is 9.47 Å². The van der Waals surface area contributed by atoms with E-state index in [0.29, 0.717) is 13.2 Å². The molecule has 1 aromatic carbocycles. The van der Waals surface area contributed by atoms with Gasteiger partial charge >= 0.3 is 0 Å². The van der Waals surface area contributed by atoms with Crippen LogP contribution >= 0.6 is 15.9 Å². The van der Waals surface area contributed by atoms with Gasteiger partial charge in [0.1, 0.15) is 13.2 Å². The van der Waals surface area contributed by atoms with Crippen molar-refractivity contribution in [1.29, 1.82) is 0 Å². The van der Waals surface area contributed by atoms with Crippen molar-refractivity contribution in [1.82, 2.24) is 10.2 Å². The van der Waals surface area contributed by atoms with Gasteiger partial charge in [0.25, 0.3) is 0 Å². The fourth-order valence-electron chi connectivity index (χ4n) is 2.34. The van der Waals surface area contributed by atoms with Crippen LogP contribution in [0.3, 0.4) is 0 Å². The van der Waals surface area contributed by atoms with Gasteiger partial charge in [0, 0.05) is 37.2 Å². The predicted molar refractivity (Wildman–Crippen MR) is 73.3 cm³/mol. The minimum Gasteiger partial charge on any atom is -0.486 e. The number of hydrogen-bond acceptors (Lipinski definition) is 4. The average molecular weight is 313 g/mol. The van der Waals surface area contributed by atoms with Crippen LogP contribution in [0.15, 0.2) is 16.6 Å². The maximum Gasteiger partial charge on any atom is 0.162 e. The number of rotatable bonds is 2. The largest absolute Gasteiger partial charge is 0.486 e. The lowest BCUT2D eigenvalue weighted by molar-refractivity contribution is 0.170. The first kappa shape index (κ1) is 12.3. The van der Waals surface area contributed by atoms with E-state index in [4.69, 9.17) is 9.47 Å². The number of nitrogens with zero attached hydrogens (tertiary/aromatic N) is 1. The first-order chi connectivity index (χ1) is 8.83. The second-order valence-electron chi connectivity index (χ2n) is 4.61. The minimum atomic E-state index is 0.635. The summed E-state index contributed by atoms with van der Waals surface area (Å²) in [5, 5.41) is 3.37. The van der Waals surface area contributed by atoms with Gasteiger partial charge < -0.3 is 14.8 Å². The molecule has 5 heteroatoms. The number of halogens is 1.